The molecule has 3 rings (SSSR count). The zero-order valence-electron chi connectivity index (χ0n) is 13.2. The molecule has 1 N–H and O–H groups in total. The van der Waals surface area contributed by atoms with Crippen LogP contribution in [0.1, 0.15) is 35.7 Å². The Morgan fingerprint density at radius 3 is 2.61 bits per heavy atom. The van der Waals surface area contributed by atoms with Crippen molar-refractivity contribution in [3.05, 3.63) is 39.4 Å². The summed E-state index contributed by atoms with van der Waals surface area (Å²) in [6, 6.07) is 5.76. The molecule has 0 bridgehead atoms. The van der Waals surface area contributed by atoms with Crippen molar-refractivity contribution < 1.29 is 8.42 Å². The van der Waals surface area contributed by atoms with Crippen molar-refractivity contribution in [2.45, 2.75) is 36.4 Å². The van der Waals surface area contributed by atoms with Crippen LogP contribution in [-0.4, -0.2) is 33.0 Å². The van der Waals surface area contributed by atoms with Gasteiger partial charge in [-0.1, -0.05) is 6.42 Å². The number of piperidine rings is 1. The zero-order valence-corrected chi connectivity index (χ0v) is 15.6. The Morgan fingerprint density at radius 1 is 1.22 bits per heavy atom. The molecule has 23 heavy (non-hydrogen) atoms. The normalized spacial score (nSPS) is 18.1. The second kappa shape index (κ2) is 7.44. The average molecular weight is 371 g/mol. The molecule has 0 radical (unpaired) electrons. The monoisotopic (exact) mass is 370 g/mol. The molecular formula is C16H22N2O2S3. The van der Waals surface area contributed by atoms with E-state index in [2.05, 4.69) is 26.4 Å². The molecule has 1 unspecified atom stereocenters. The van der Waals surface area contributed by atoms with Crippen LogP contribution in [0.5, 0.6) is 0 Å². The van der Waals surface area contributed by atoms with Gasteiger partial charge < -0.3 is 0 Å². The molecule has 7 heteroatoms. The molecule has 2 aromatic rings. The Kier molecular flexibility index (Phi) is 5.53. The maximum Gasteiger partial charge on any atom is 0.250 e. The Labute approximate surface area is 146 Å². The number of likely N-dealkylation sites (tertiary alicyclic amines) is 1. The second-order valence-electron chi connectivity index (χ2n) is 5.89. The van der Waals surface area contributed by atoms with Gasteiger partial charge >= 0.3 is 0 Å². The smallest absolute Gasteiger partial charge is 0.250 e. The first-order valence-electron chi connectivity index (χ1n) is 7.88. The van der Waals surface area contributed by atoms with Gasteiger partial charge in [-0.3, -0.25) is 4.90 Å². The lowest BCUT2D eigenvalue weighted by molar-refractivity contribution is 0.165. The van der Waals surface area contributed by atoms with Crippen LogP contribution in [0.15, 0.2) is 33.2 Å². The van der Waals surface area contributed by atoms with Crippen LogP contribution in [-0.2, 0) is 10.0 Å². The summed E-state index contributed by atoms with van der Waals surface area (Å²) in [4.78, 5) is 3.42. The number of thiophene rings is 2. The summed E-state index contributed by atoms with van der Waals surface area (Å²) in [5.74, 6) is 0. The fourth-order valence-electron chi connectivity index (χ4n) is 2.97. The molecule has 4 nitrogen and oxygen atoms in total. The predicted molar refractivity (Wildman–Crippen MR) is 96.7 cm³/mol. The Hall–Kier alpha value is -0.730. The Balaban J connectivity index is 1.73. The number of rotatable bonds is 6. The van der Waals surface area contributed by atoms with Crippen LogP contribution in [0.4, 0.5) is 0 Å². The quantitative estimate of drug-likeness (QED) is 0.845. The minimum absolute atomic E-state index is 0.123. The fourth-order valence-corrected chi connectivity index (χ4v) is 6.04. The van der Waals surface area contributed by atoms with E-state index >= 15 is 0 Å². The fraction of sp³-hybridized carbons (Fsp3) is 0.500. The van der Waals surface area contributed by atoms with E-state index in [-0.39, 0.29) is 6.04 Å². The average Bonchev–Trinajstić information content (AvgIpc) is 3.20. The molecule has 1 fully saturated rings. The van der Waals surface area contributed by atoms with Crippen molar-refractivity contribution in [3.63, 3.8) is 0 Å². The molecule has 0 spiro atoms. The van der Waals surface area contributed by atoms with E-state index < -0.39 is 10.0 Å². The van der Waals surface area contributed by atoms with Crippen LogP contribution in [0.2, 0.25) is 0 Å². The first-order valence-corrected chi connectivity index (χ1v) is 11.1. The van der Waals surface area contributed by atoms with Gasteiger partial charge in [0.1, 0.15) is 4.21 Å². The first-order chi connectivity index (χ1) is 11.1. The number of aryl methyl sites for hydroxylation is 1. The van der Waals surface area contributed by atoms with Gasteiger partial charge in [0.15, 0.2) is 0 Å². The standard InChI is InChI=1S/C16H22N2O2S3/c1-13-5-6-16(22-13)23(19,20)17-11-15(14-7-10-21-12-14)18-8-3-2-4-9-18/h5-7,10,12,15,17H,2-4,8-9,11H2,1H3. The summed E-state index contributed by atoms with van der Waals surface area (Å²) >= 11 is 2.98. The van der Waals surface area contributed by atoms with E-state index in [9.17, 15) is 8.42 Å². The van der Waals surface area contributed by atoms with Crippen LogP contribution in [0.25, 0.3) is 0 Å². The maximum absolute atomic E-state index is 12.5. The van der Waals surface area contributed by atoms with Gasteiger partial charge in [-0.25, -0.2) is 13.1 Å². The Bertz CT molecular complexity index is 716. The third-order valence-corrected chi connectivity index (χ3v) is 7.82. The third kappa shape index (κ3) is 4.22. The van der Waals surface area contributed by atoms with Crippen molar-refractivity contribution in [2.75, 3.05) is 19.6 Å². The number of sulfonamides is 1. The van der Waals surface area contributed by atoms with Crippen LogP contribution in [0, 0.1) is 6.92 Å². The molecule has 126 valence electrons. The predicted octanol–water partition coefficient (Wildman–Crippen LogP) is 3.62. The highest BCUT2D eigenvalue weighted by Gasteiger charge is 2.25. The van der Waals surface area contributed by atoms with Gasteiger partial charge in [0.05, 0.1) is 0 Å². The van der Waals surface area contributed by atoms with E-state index in [1.165, 1.54) is 36.2 Å². The topological polar surface area (TPSA) is 49.4 Å². The molecule has 1 atom stereocenters. The first kappa shape index (κ1) is 17.1. The summed E-state index contributed by atoms with van der Waals surface area (Å²) in [6.07, 6.45) is 3.65. The van der Waals surface area contributed by atoms with Crippen molar-refractivity contribution in [3.8, 4) is 0 Å². The number of nitrogens with one attached hydrogen (secondary N) is 1. The summed E-state index contributed by atoms with van der Waals surface area (Å²) in [6.45, 7) is 4.43. The maximum atomic E-state index is 12.5. The highest BCUT2D eigenvalue weighted by Crippen LogP contribution is 2.27. The third-order valence-electron chi connectivity index (χ3n) is 4.21. The number of hydrogen-bond acceptors (Lipinski definition) is 5. The summed E-state index contributed by atoms with van der Waals surface area (Å²) < 4.78 is 28.2. The lowest BCUT2D eigenvalue weighted by Crippen LogP contribution is -2.40. The SMILES string of the molecule is Cc1ccc(S(=O)(=O)NCC(c2ccsc2)N2CCCCC2)s1. The minimum atomic E-state index is -3.42. The van der Waals surface area contributed by atoms with E-state index in [0.29, 0.717) is 10.8 Å². The zero-order chi connectivity index (χ0) is 16.3. The van der Waals surface area contributed by atoms with Gasteiger partial charge in [0, 0.05) is 17.5 Å². The van der Waals surface area contributed by atoms with Gasteiger partial charge in [-0.05, 0) is 67.4 Å². The second-order valence-corrected chi connectivity index (χ2v) is 9.95. The summed E-state index contributed by atoms with van der Waals surface area (Å²) in [5, 5.41) is 4.19. The number of hydrogen-bond donors (Lipinski definition) is 1. The lowest BCUT2D eigenvalue weighted by atomic mass is 10.0. The molecule has 0 saturated carbocycles. The van der Waals surface area contributed by atoms with E-state index in [4.69, 9.17) is 0 Å². The molecule has 1 saturated heterocycles. The lowest BCUT2D eigenvalue weighted by Gasteiger charge is -2.34. The van der Waals surface area contributed by atoms with Crippen LogP contribution < -0.4 is 4.72 Å². The minimum Gasteiger partial charge on any atom is -0.295 e. The van der Waals surface area contributed by atoms with Gasteiger partial charge in [0.25, 0.3) is 0 Å². The largest absolute Gasteiger partial charge is 0.295 e. The van der Waals surface area contributed by atoms with Crippen LogP contribution in [0.3, 0.4) is 0 Å². The molecule has 1 aliphatic heterocycles. The molecule has 0 aliphatic carbocycles. The molecule has 1 aliphatic rings. The molecule has 0 amide bonds. The molecular weight excluding hydrogens is 348 g/mol. The highest BCUT2D eigenvalue weighted by atomic mass is 32.2. The van der Waals surface area contributed by atoms with Gasteiger partial charge in [-0.15, -0.1) is 11.3 Å². The van der Waals surface area contributed by atoms with E-state index in [0.717, 1.165) is 18.0 Å². The summed E-state index contributed by atoms with van der Waals surface area (Å²) in [5.41, 5.74) is 1.21. The highest BCUT2D eigenvalue weighted by molar-refractivity contribution is 7.91. The van der Waals surface area contributed by atoms with Crippen molar-refractivity contribution in [2.24, 2.45) is 0 Å². The molecule has 2 aromatic heterocycles. The van der Waals surface area contributed by atoms with Crippen molar-refractivity contribution >= 4 is 32.7 Å². The van der Waals surface area contributed by atoms with E-state index in [1.807, 2.05) is 13.0 Å². The van der Waals surface area contributed by atoms with Crippen molar-refractivity contribution in [1.29, 1.82) is 0 Å². The molecule has 0 aromatic carbocycles. The van der Waals surface area contributed by atoms with Crippen LogP contribution >= 0.6 is 22.7 Å². The number of nitrogens with zero attached hydrogens (tertiary/aromatic N) is 1. The van der Waals surface area contributed by atoms with Gasteiger partial charge in [0.2, 0.25) is 10.0 Å². The van der Waals surface area contributed by atoms with Crippen molar-refractivity contribution in [1.82, 2.24) is 9.62 Å². The summed E-state index contributed by atoms with van der Waals surface area (Å²) in [7, 11) is -3.42. The Morgan fingerprint density at radius 2 is 2.00 bits per heavy atom. The van der Waals surface area contributed by atoms with E-state index in [1.54, 1.807) is 17.4 Å². The molecule has 3 heterocycles. The van der Waals surface area contributed by atoms with Gasteiger partial charge in [-0.2, -0.15) is 11.3 Å².